The Kier molecular flexibility index (Phi) is 17.2. The van der Waals surface area contributed by atoms with Crippen molar-refractivity contribution in [2.75, 3.05) is 20.6 Å². The van der Waals surface area contributed by atoms with Crippen molar-refractivity contribution in [3.05, 3.63) is 35.9 Å². The van der Waals surface area contributed by atoms with E-state index in [-0.39, 0.29) is 12.4 Å². The molecule has 0 saturated heterocycles. The summed E-state index contributed by atoms with van der Waals surface area (Å²) < 4.78 is 1.11. The number of quaternary nitrogens is 1. The van der Waals surface area contributed by atoms with Crippen molar-refractivity contribution >= 4 is 12.4 Å². The van der Waals surface area contributed by atoms with Gasteiger partial charge in [-0.25, -0.2) is 0 Å². The summed E-state index contributed by atoms with van der Waals surface area (Å²) in [6.45, 7) is 4.75. The van der Waals surface area contributed by atoms with Gasteiger partial charge in [-0.1, -0.05) is 114 Å². The van der Waals surface area contributed by atoms with Crippen molar-refractivity contribution in [3.63, 3.8) is 0 Å². The predicted octanol–water partition coefficient (Wildman–Crippen LogP) is 8.17. The molecule has 0 aromatic heterocycles. The molecule has 0 aliphatic heterocycles. The van der Waals surface area contributed by atoms with Crippen LogP contribution in [-0.4, -0.2) is 25.1 Å². The lowest BCUT2D eigenvalue weighted by molar-refractivity contribution is -0.903. The second-order valence-corrected chi connectivity index (χ2v) is 8.90. The molecule has 0 N–H and O–H groups in total. The zero-order valence-corrected chi connectivity index (χ0v) is 19.4. The van der Waals surface area contributed by atoms with Gasteiger partial charge < -0.3 is 4.48 Å². The molecule has 27 heavy (non-hydrogen) atoms. The van der Waals surface area contributed by atoms with Crippen molar-refractivity contribution in [2.24, 2.45) is 0 Å². The van der Waals surface area contributed by atoms with E-state index in [4.69, 9.17) is 0 Å². The molecule has 1 aromatic carbocycles. The topological polar surface area (TPSA) is 0 Å². The van der Waals surface area contributed by atoms with E-state index in [0.717, 1.165) is 11.0 Å². The number of benzene rings is 1. The van der Waals surface area contributed by atoms with Gasteiger partial charge in [-0.05, 0) is 12.8 Å². The van der Waals surface area contributed by atoms with Crippen LogP contribution in [0, 0.1) is 0 Å². The number of hydrogen-bond acceptors (Lipinski definition) is 0. The van der Waals surface area contributed by atoms with Gasteiger partial charge in [0, 0.05) is 5.56 Å². The number of unbranched alkanes of at least 4 members (excludes halogenated alkanes) is 13. The van der Waals surface area contributed by atoms with Crippen molar-refractivity contribution in [3.8, 4) is 0 Å². The van der Waals surface area contributed by atoms with E-state index in [1.807, 2.05) is 0 Å². The first kappa shape index (κ1) is 26.5. The molecule has 0 amide bonds. The summed E-state index contributed by atoms with van der Waals surface area (Å²) in [5.41, 5.74) is 1.46. The fraction of sp³-hybridized carbons (Fsp3) is 0.760. The lowest BCUT2D eigenvalue weighted by atomic mass is 10.0. The first-order valence-corrected chi connectivity index (χ1v) is 11.5. The first-order valence-electron chi connectivity index (χ1n) is 11.5. The largest absolute Gasteiger partial charge is 0.325 e. The Morgan fingerprint density at radius 3 is 1.44 bits per heavy atom. The molecule has 0 radical (unpaired) electrons. The van der Waals surface area contributed by atoms with Gasteiger partial charge in [0.15, 0.2) is 0 Å². The SMILES string of the molecule is CCCCCCCCCCCCCCCC[N+](C)(C)Cc1ccccc1.Cl. The smallest absolute Gasteiger partial charge is 0.104 e. The maximum Gasteiger partial charge on any atom is 0.104 e. The maximum atomic E-state index is 2.37. The Hall–Kier alpha value is -0.530. The van der Waals surface area contributed by atoms with Gasteiger partial charge in [-0.3, -0.25) is 0 Å². The van der Waals surface area contributed by atoms with E-state index in [2.05, 4.69) is 51.4 Å². The first-order chi connectivity index (χ1) is 12.6. The van der Waals surface area contributed by atoms with Gasteiger partial charge in [0.2, 0.25) is 0 Å². The molecule has 0 bridgehead atoms. The minimum absolute atomic E-state index is 0. The van der Waals surface area contributed by atoms with Crippen LogP contribution in [-0.2, 0) is 6.54 Å². The zero-order valence-electron chi connectivity index (χ0n) is 18.6. The van der Waals surface area contributed by atoms with E-state index in [9.17, 15) is 0 Å². The zero-order chi connectivity index (χ0) is 18.9. The molecule has 0 atom stereocenters. The number of hydrogen-bond donors (Lipinski definition) is 0. The highest BCUT2D eigenvalue weighted by Gasteiger charge is 2.14. The van der Waals surface area contributed by atoms with Crippen LogP contribution in [0.5, 0.6) is 0 Å². The molecular weight excluding hydrogens is 350 g/mol. The van der Waals surface area contributed by atoms with Crippen LogP contribution in [0.25, 0.3) is 0 Å². The fourth-order valence-corrected chi connectivity index (χ4v) is 3.89. The van der Waals surface area contributed by atoms with E-state index in [1.165, 1.54) is 102 Å². The molecule has 0 aliphatic rings. The highest BCUT2D eigenvalue weighted by Crippen LogP contribution is 2.14. The Labute approximate surface area is 176 Å². The van der Waals surface area contributed by atoms with E-state index < -0.39 is 0 Å². The molecule has 1 nitrogen and oxygen atoms in total. The van der Waals surface area contributed by atoms with Crippen LogP contribution in [0.15, 0.2) is 30.3 Å². The third kappa shape index (κ3) is 16.2. The summed E-state index contributed by atoms with van der Waals surface area (Å²) in [5.74, 6) is 0. The van der Waals surface area contributed by atoms with E-state index in [1.54, 1.807) is 0 Å². The summed E-state index contributed by atoms with van der Waals surface area (Å²) in [6, 6.07) is 10.9. The molecule has 158 valence electrons. The van der Waals surface area contributed by atoms with Crippen LogP contribution in [0.2, 0.25) is 0 Å². The lowest BCUT2D eigenvalue weighted by Crippen LogP contribution is -2.39. The van der Waals surface area contributed by atoms with Crippen molar-refractivity contribution in [2.45, 2.75) is 103 Å². The molecule has 2 heteroatoms. The standard InChI is InChI=1S/C25H46N.ClH/c1-4-5-6-7-8-9-10-11-12-13-14-15-16-20-23-26(2,3)24-25-21-18-17-19-22-25;/h17-19,21-22H,4-16,20,23-24H2,1-3H3;1H/q+1;. The van der Waals surface area contributed by atoms with Crippen LogP contribution in [0.3, 0.4) is 0 Å². The van der Waals surface area contributed by atoms with Gasteiger partial charge in [0.05, 0.1) is 20.6 Å². The number of rotatable bonds is 17. The lowest BCUT2D eigenvalue weighted by Gasteiger charge is -2.30. The third-order valence-electron chi connectivity index (χ3n) is 5.57. The third-order valence-corrected chi connectivity index (χ3v) is 5.57. The summed E-state index contributed by atoms with van der Waals surface area (Å²) in [6.07, 6.45) is 20.2. The average molecular weight is 397 g/mol. The minimum atomic E-state index is 0. The van der Waals surface area contributed by atoms with Crippen molar-refractivity contribution < 1.29 is 4.48 Å². The normalized spacial score (nSPS) is 11.4. The molecule has 0 saturated carbocycles. The fourth-order valence-electron chi connectivity index (χ4n) is 3.89. The van der Waals surface area contributed by atoms with Crippen molar-refractivity contribution in [1.29, 1.82) is 0 Å². The minimum Gasteiger partial charge on any atom is -0.325 e. The van der Waals surface area contributed by atoms with Gasteiger partial charge in [-0.2, -0.15) is 0 Å². The molecular formula is C25H47ClN+. The highest BCUT2D eigenvalue weighted by molar-refractivity contribution is 5.85. The summed E-state index contributed by atoms with van der Waals surface area (Å²) >= 11 is 0. The number of halogens is 1. The highest BCUT2D eigenvalue weighted by atomic mass is 35.5. The summed E-state index contributed by atoms with van der Waals surface area (Å²) in [5, 5.41) is 0. The van der Waals surface area contributed by atoms with Crippen molar-refractivity contribution in [1.82, 2.24) is 0 Å². The molecule has 1 aromatic rings. The Balaban J connectivity index is 0.00000676. The second-order valence-electron chi connectivity index (χ2n) is 8.90. The van der Waals surface area contributed by atoms with Crippen LogP contribution >= 0.6 is 12.4 Å². The molecule has 0 fully saturated rings. The number of nitrogens with zero attached hydrogens (tertiary/aromatic N) is 1. The Bertz CT molecular complexity index is 416. The van der Waals surface area contributed by atoms with Crippen LogP contribution < -0.4 is 0 Å². The summed E-state index contributed by atoms with van der Waals surface area (Å²) in [7, 11) is 4.74. The molecule has 0 spiro atoms. The second kappa shape index (κ2) is 17.6. The Morgan fingerprint density at radius 1 is 0.593 bits per heavy atom. The predicted molar refractivity (Wildman–Crippen MR) is 125 cm³/mol. The molecule has 0 aliphatic carbocycles. The van der Waals surface area contributed by atoms with Gasteiger partial charge >= 0.3 is 0 Å². The maximum absolute atomic E-state index is 2.37. The molecule has 0 unspecified atom stereocenters. The molecule has 1 rings (SSSR count). The Morgan fingerprint density at radius 2 is 1.00 bits per heavy atom. The van der Waals surface area contributed by atoms with Gasteiger partial charge in [0.25, 0.3) is 0 Å². The van der Waals surface area contributed by atoms with E-state index >= 15 is 0 Å². The van der Waals surface area contributed by atoms with Crippen LogP contribution in [0.1, 0.15) is 102 Å². The molecule has 0 heterocycles. The summed E-state index contributed by atoms with van der Waals surface area (Å²) in [4.78, 5) is 0. The average Bonchev–Trinajstić information content (AvgIpc) is 2.62. The van der Waals surface area contributed by atoms with E-state index in [0.29, 0.717) is 0 Å². The monoisotopic (exact) mass is 396 g/mol. The quantitative estimate of drug-likeness (QED) is 0.184. The van der Waals surface area contributed by atoms with Gasteiger partial charge in [0.1, 0.15) is 6.54 Å². The van der Waals surface area contributed by atoms with Gasteiger partial charge in [-0.15, -0.1) is 12.4 Å². The van der Waals surface area contributed by atoms with Crippen LogP contribution in [0.4, 0.5) is 0 Å².